The van der Waals surface area contributed by atoms with E-state index in [4.69, 9.17) is 10.00 Å². The fourth-order valence-corrected chi connectivity index (χ4v) is 2.17. The number of imide groups is 1. The van der Waals surface area contributed by atoms with E-state index in [0.29, 0.717) is 17.7 Å². The first-order valence-electron chi connectivity index (χ1n) is 7.90. The highest BCUT2D eigenvalue weighted by molar-refractivity contribution is 5.99. The van der Waals surface area contributed by atoms with Gasteiger partial charge in [0, 0.05) is 12.1 Å². The summed E-state index contributed by atoms with van der Waals surface area (Å²) >= 11 is 0. The smallest absolute Gasteiger partial charge is 0.339 e. The SMILES string of the molecule is CCNC(=O)NC(=O)[C@H](OC(=O)c1cccc(C#N)c1)c1ccccc1. The van der Waals surface area contributed by atoms with E-state index in [-0.39, 0.29) is 5.56 Å². The van der Waals surface area contributed by atoms with Gasteiger partial charge in [0.05, 0.1) is 17.2 Å². The van der Waals surface area contributed by atoms with Crippen LogP contribution < -0.4 is 10.6 Å². The summed E-state index contributed by atoms with van der Waals surface area (Å²) in [5.74, 6) is -1.55. The lowest BCUT2D eigenvalue weighted by molar-refractivity contribution is -0.129. The fourth-order valence-electron chi connectivity index (χ4n) is 2.17. The van der Waals surface area contributed by atoms with Crippen LogP contribution in [0.2, 0.25) is 0 Å². The van der Waals surface area contributed by atoms with E-state index in [2.05, 4.69) is 10.6 Å². The van der Waals surface area contributed by atoms with Crippen molar-refractivity contribution in [2.75, 3.05) is 6.54 Å². The Balaban J connectivity index is 2.24. The number of carbonyl (C=O) groups excluding carboxylic acids is 3. The third-order valence-electron chi connectivity index (χ3n) is 3.37. The Morgan fingerprint density at radius 1 is 1.12 bits per heavy atom. The number of amides is 3. The number of hydrogen-bond donors (Lipinski definition) is 2. The van der Waals surface area contributed by atoms with Gasteiger partial charge in [-0.25, -0.2) is 9.59 Å². The number of rotatable bonds is 5. The van der Waals surface area contributed by atoms with Gasteiger partial charge < -0.3 is 10.1 Å². The van der Waals surface area contributed by atoms with Crippen LogP contribution in [-0.2, 0) is 9.53 Å². The Kier molecular flexibility index (Phi) is 6.46. The van der Waals surface area contributed by atoms with Crippen LogP contribution in [0, 0.1) is 11.3 Å². The molecule has 3 amide bonds. The van der Waals surface area contributed by atoms with Gasteiger partial charge in [-0.2, -0.15) is 5.26 Å². The predicted molar refractivity (Wildman–Crippen MR) is 93.0 cm³/mol. The Labute approximate surface area is 150 Å². The van der Waals surface area contributed by atoms with Crippen LogP contribution in [0.5, 0.6) is 0 Å². The molecule has 26 heavy (non-hydrogen) atoms. The van der Waals surface area contributed by atoms with E-state index in [1.54, 1.807) is 49.4 Å². The quantitative estimate of drug-likeness (QED) is 0.804. The first-order valence-corrected chi connectivity index (χ1v) is 7.90. The van der Waals surface area contributed by atoms with Gasteiger partial charge in [-0.15, -0.1) is 0 Å². The second-order valence-electron chi connectivity index (χ2n) is 5.24. The van der Waals surface area contributed by atoms with E-state index in [1.165, 1.54) is 12.1 Å². The number of nitrogens with one attached hydrogen (secondary N) is 2. The number of urea groups is 1. The van der Waals surface area contributed by atoms with Crippen molar-refractivity contribution in [2.24, 2.45) is 0 Å². The molecule has 0 fully saturated rings. The molecule has 0 heterocycles. The van der Waals surface area contributed by atoms with Crippen molar-refractivity contribution < 1.29 is 19.1 Å². The van der Waals surface area contributed by atoms with E-state index in [1.807, 2.05) is 6.07 Å². The molecule has 2 aromatic carbocycles. The molecule has 0 aliphatic heterocycles. The van der Waals surface area contributed by atoms with Crippen molar-refractivity contribution >= 4 is 17.9 Å². The summed E-state index contributed by atoms with van der Waals surface area (Å²) in [6.45, 7) is 2.05. The molecular weight excluding hydrogens is 334 g/mol. The molecular formula is C19H17N3O4. The van der Waals surface area contributed by atoms with Gasteiger partial charge in [-0.05, 0) is 25.1 Å². The molecule has 2 aromatic rings. The Hall–Kier alpha value is -3.66. The summed E-state index contributed by atoms with van der Waals surface area (Å²) in [7, 11) is 0. The molecule has 0 spiro atoms. The molecule has 0 saturated carbocycles. The highest BCUT2D eigenvalue weighted by Gasteiger charge is 2.27. The minimum atomic E-state index is -1.31. The predicted octanol–water partition coefficient (Wildman–Crippen LogP) is 2.30. The van der Waals surface area contributed by atoms with Crippen LogP contribution in [0.4, 0.5) is 4.79 Å². The number of nitrogens with zero attached hydrogens (tertiary/aromatic N) is 1. The minimum absolute atomic E-state index is 0.135. The molecule has 1 atom stereocenters. The van der Waals surface area contributed by atoms with Crippen molar-refractivity contribution in [2.45, 2.75) is 13.0 Å². The molecule has 7 heteroatoms. The normalized spacial score (nSPS) is 10.9. The molecule has 0 bridgehead atoms. The second-order valence-corrected chi connectivity index (χ2v) is 5.24. The maximum atomic E-state index is 12.4. The molecule has 0 aliphatic rings. The molecule has 0 aliphatic carbocycles. The molecule has 7 nitrogen and oxygen atoms in total. The van der Waals surface area contributed by atoms with Gasteiger partial charge in [0.2, 0.25) is 6.10 Å². The van der Waals surface area contributed by atoms with Gasteiger partial charge in [-0.1, -0.05) is 36.4 Å². The van der Waals surface area contributed by atoms with Gasteiger partial charge in [-0.3, -0.25) is 10.1 Å². The highest BCUT2D eigenvalue weighted by atomic mass is 16.5. The molecule has 0 aromatic heterocycles. The average molecular weight is 351 g/mol. The highest BCUT2D eigenvalue weighted by Crippen LogP contribution is 2.20. The zero-order valence-corrected chi connectivity index (χ0v) is 14.1. The Morgan fingerprint density at radius 3 is 2.50 bits per heavy atom. The van der Waals surface area contributed by atoms with Gasteiger partial charge in [0.25, 0.3) is 5.91 Å². The number of esters is 1. The Bertz CT molecular complexity index is 843. The number of hydrogen-bond acceptors (Lipinski definition) is 5. The average Bonchev–Trinajstić information content (AvgIpc) is 2.66. The first kappa shape index (κ1) is 18.7. The largest absolute Gasteiger partial charge is 0.444 e. The number of benzene rings is 2. The van der Waals surface area contributed by atoms with Crippen molar-refractivity contribution in [1.82, 2.24) is 10.6 Å². The minimum Gasteiger partial charge on any atom is -0.444 e. The monoisotopic (exact) mass is 351 g/mol. The van der Waals surface area contributed by atoms with E-state index >= 15 is 0 Å². The van der Waals surface area contributed by atoms with Gasteiger partial charge in [0.1, 0.15) is 0 Å². The van der Waals surface area contributed by atoms with Crippen molar-refractivity contribution in [3.05, 3.63) is 71.3 Å². The molecule has 0 radical (unpaired) electrons. The summed E-state index contributed by atoms with van der Waals surface area (Å²) in [4.78, 5) is 36.4. The van der Waals surface area contributed by atoms with Crippen molar-refractivity contribution in [1.29, 1.82) is 5.26 Å². The molecule has 0 unspecified atom stereocenters. The lowest BCUT2D eigenvalue weighted by Crippen LogP contribution is -2.42. The van der Waals surface area contributed by atoms with Crippen LogP contribution in [0.25, 0.3) is 0 Å². The molecule has 132 valence electrons. The zero-order valence-electron chi connectivity index (χ0n) is 14.1. The number of ether oxygens (including phenoxy) is 1. The topological polar surface area (TPSA) is 108 Å². The molecule has 2 rings (SSSR count). The second kappa shape index (κ2) is 8.99. The van der Waals surface area contributed by atoms with Crippen molar-refractivity contribution in [3.8, 4) is 6.07 Å². The summed E-state index contributed by atoms with van der Waals surface area (Å²) in [6.07, 6.45) is -1.31. The van der Waals surface area contributed by atoms with Gasteiger partial charge in [0.15, 0.2) is 0 Å². The first-order chi connectivity index (χ1) is 12.5. The van der Waals surface area contributed by atoms with E-state index in [9.17, 15) is 14.4 Å². The van der Waals surface area contributed by atoms with E-state index < -0.39 is 24.0 Å². The van der Waals surface area contributed by atoms with E-state index in [0.717, 1.165) is 0 Å². The van der Waals surface area contributed by atoms with Crippen molar-refractivity contribution in [3.63, 3.8) is 0 Å². The van der Waals surface area contributed by atoms with Crippen LogP contribution in [0.15, 0.2) is 54.6 Å². The van der Waals surface area contributed by atoms with Crippen LogP contribution in [0.1, 0.15) is 34.5 Å². The lowest BCUT2D eigenvalue weighted by Gasteiger charge is -2.17. The van der Waals surface area contributed by atoms with Gasteiger partial charge >= 0.3 is 12.0 Å². The summed E-state index contributed by atoms with van der Waals surface area (Å²) in [5, 5.41) is 13.5. The Morgan fingerprint density at radius 2 is 1.85 bits per heavy atom. The summed E-state index contributed by atoms with van der Waals surface area (Å²) in [5.41, 5.74) is 0.845. The standard InChI is InChI=1S/C19H17N3O4/c1-2-21-19(25)22-17(23)16(14-8-4-3-5-9-14)26-18(24)15-10-6-7-13(11-15)12-20/h3-11,16H,2H2,1H3,(H2,21,22,23,25)/t16-/m1/s1. The zero-order chi connectivity index (χ0) is 18.9. The fraction of sp³-hybridized carbons (Fsp3) is 0.158. The maximum absolute atomic E-state index is 12.4. The third kappa shape index (κ3) is 4.92. The van der Waals surface area contributed by atoms with Crippen LogP contribution >= 0.6 is 0 Å². The molecule has 2 N–H and O–H groups in total. The third-order valence-corrected chi connectivity index (χ3v) is 3.37. The lowest BCUT2D eigenvalue weighted by atomic mass is 10.1. The number of carbonyl (C=O) groups is 3. The molecule has 0 saturated heterocycles. The van der Waals surface area contributed by atoms with Crippen LogP contribution in [-0.4, -0.2) is 24.5 Å². The number of nitriles is 1. The van der Waals surface area contributed by atoms with Crippen LogP contribution in [0.3, 0.4) is 0 Å². The maximum Gasteiger partial charge on any atom is 0.339 e. The summed E-state index contributed by atoms with van der Waals surface area (Å²) < 4.78 is 5.32. The summed E-state index contributed by atoms with van der Waals surface area (Å²) in [6, 6.07) is 15.5.